The van der Waals surface area contributed by atoms with Crippen molar-refractivity contribution in [3.63, 3.8) is 0 Å². The number of carbonyl (C=O) groups excluding carboxylic acids is 1. The molecule has 0 fully saturated rings. The molecule has 11 nitrogen and oxygen atoms in total. The van der Waals surface area contributed by atoms with Gasteiger partial charge in [0.2, 0.25) is 11.5 Å². The molecule has 3 rings (SSSR count). The van der Waals surface area contributed by atoms with Crippen molar-refractivity contribution in [3.05, 3.63) is 72.3 Å². The fraction of sp³-hybridized carbons (Fsp3) is 0.310. The number of amides is 1. The number of ether oxygens (including phenoxy) is 5. The van der Waals surface area contributed by atoms with Crippen LogP contribution in [0.5, 0.6) is 34.5 Å². The number of nitrogens with zero attached hydrogens (tertiary/aromatic N) is 1. The van der Waals surface area contributed by atoms with E-state index in [1.54, 1.807) is 60.7 Å². The minimum absolute atomic E-state index is 0.0648. The number of para-hydroxylation sites is 2. The SMILES string of the molecule is COc1cccc(OC)c1OP(=S)(CN(C(=O)OCc1ccccc1)C(CCCl)C(=O)O)Oc1c(OC)cccc1OC. The summed E-state index contributed by atoms with van der Waals surface area (Å²) in [7, 11) is 5.74. The molecule has 1 atom stereocenters. The minimum atomic E-state index is -3.81. The lowest BCUT2D eigenvalue weighted by molar-refractivity contribution is -0.142. The number of rotatable bonds is 16. The van der Waals surface area contributed by atoms with Gasteiger partial charge in [-0.15, -0.1) is 11.6 Å². The van der Waals surface area contributed by atoms with Crippen molar-refractivity contribution in [1.82, 2.24) is 4.90 Å². The van der Waals surface area contributed by atoms with Crippen LogP contribution in [0.15, 0.2) is 66.7 Å². The molecule has 0 saturated carbocycles. The fourth-order valence-corrected chi connectivity index (χ4v) is 6.74. The summed E-state index contributed by atoms with van der Waals surface area (Å²) in [6.07, 6.45) is -1.59. The van der Waals surface area contributed by atoms with Crippen LogP contribution in [0, 0.1) is 0 Å². The number of alkyl halides is 1. The van der Waals surface area contributed by atoms with Gasteiger partial charge in [-0.2, -0.15) is 0 Å². The van der Waals surface area contributed by atoms with Crippen LogP contribution in [0.1, 0.15) is 12.0 Å². The molecule has 0 spiro atoms. The maximum Gasteiger partial charge on any atom is 0.411 e. The third-order valence-electron chi connectivity index (χ3n) is 6.04. The van der Waals surface area contributed by atoms with E-state index in [1.807, 2.05) is 6.07 Å². The Hall–Kier alpha value is -3.86. The highest BCUT2D eigenvalue weighted by molar-refractivity contribution is 8.10. The van der Waals surface area contributed by atoms with E-state index < -0.39 is 30.9 Å². The van der Waals surface area contributed by atoms with Gasteiger partial charge < -0.3 is 37.8 Å². The monoisotopic (exact) mass is 653 g/mol. The van der Waals surface area contributed by atoms with Gasteiger partial charge in [-0.25, -0.2) is 9.59 Å². The summed E-state index contributed by atoms with van der Waals surface area (Å²) in [5.74, 6) is -0.154. The number of carboxylic acids is 1. The number of hydrogen-bond donors (Lipinski definition) is 1. The zero-order valence-electron chi connectivity index (χ0n) is 24.1. The third kappa shape index (κ3) is 8.82. The highest BCUT2D eigenvalue weighted by atomic mass is 35.5. The predicted molar refractivity (Wildman–Crippen MR) is 165 cm³/mol. The Kier molecular flexibility index (Phi) is 12.6. The fourth-order valence-electron chi connectivity index (χ4n) is 3.96. The highest BCUT2D eigenvalue weighted by Gasteiger charge is 2.39. The molecule has 1 N–H and O–H groups in total. The summed E-state index contributed by atoms with van der Waals surface area (Å²) < 4.78 is 40.2. The van der Waals surface area contributed by atoms with Crippen molar-refractivity contribution in [3.8, 4) is 34.5 Å². The molecule has 43 heavy (non-hydrogen) atoms. The molecule has 0 aliphatic heterocycles. The number of hydrogen-bond acceptors (Lipinski definition) is 10. The van der Waals surface area contributed by atoms with E-state index >= 15 is 0 Å². The first-order valence-electron chi connectivity index (χ1n) is 12.9. The second-order valence-electron chi connectivity index (χ2n) is 8.76. The van der Waals surface area contributed by atoms with Gasteiger partial charge in [-0.3, -0.25) is 4.90 Å². The predicted octanol–water partition coefficient (Wildman–Crippen LogP) is 6.17. The van der Waals surface area contributed by atoms with E-state index in [0.717, 1.165) is 4.90 Å². The Morgan fingerprint density at radius 1 is 0.814 bits per heavy atom. The molecule has 1 unspecified atom stereocenters. The van der Waals surface area contributed by atoms with Crippen LogP contribution in [0.3, 0.4) is 0 Å². The van der Waals surface area contributed by atoms with Crippen LogP contribution >= 0.6 is 18.1 Å². The second-order valence-corrected chi connectivity index (χ2v) is 12.7. The Labute approximate surface area is 260 Å². The summed E-state index contributed by atoms with van der Waals surface area (Å²) in [4.78, 5) is 27.0. The maximum atomic E-state index is 13.6. The van der Waals surface area contributed by atoms with Crippen LogP contribution < -0.4 is 28.0 Å². The summed E-state index contributed by atoms with van der Waals surface area (Å²) in [6, 6.07) is 17.4. The van der Waals surface area contributed by atoms with Gasteiger partial charge in [0.15, 0.2) is 23.0 Å². The van der Waals surface area contributed by atoms with Gasteiger partial charge >= 0.3 is 18.6 Å². The van der Waals surface area contributed by atoms with E-state index in [2.05, 4.69) is 0 Å². The highest BCUT2D eigenvalue weighted by Crippen LogP contribution is 2.57. The first kappa shape index (κ1) is 33.6. The Bertz CT molecular complexity index is 1320. The molecule has 14 heteroatoms. The van der Waals surface area contributed by atoms with Crippen molar-refractivity contribution in [2.75, 3.05) is 40.6 Å². The van der Waals surface area contributed by atoms with Gasteiger partial charge in [0.1, 0.15) is 18.9 Å². The lowest BCUT2D eigenvalue weighted by Gasteiger charge is -2.33. The molecule has 0 aliphatic rings. The summed E-state index contributed by atoms with van der Waals surface area (Å²) >= 11 is 12.0. The van der Waals surface area contributed by atoms with Gasteiger partial charge in [-0.05, 0) is 48.1 Å². The van der Waals surface area contributed by atoms with Crippen molar-refractivity contribution in [1.29, 1.82) is 0 Å². The van der Waals surface area contributed by atoms with E-state index in [0.29, 0.717) is 5.56 Å². The van der Waals surface area contributed by atoms with Crippen molar-refractivity contribution in [2.24, 2.45) is 0 Å². The van der Waals surface area contributed by atoms with Gasteiger partial charge in [0, 0.05) is 5.88 Å². The van der Waals surface area contributed by atoms with Crippen LogP contribution in [-0.2, 0) is 27.9 Å². The summed E-state index contributed by atoms with van der Waals surface area (Å²) in [5, 5.41) is 10.1. The lowest BCUT2D eigenvalue weighted by Crippen LogP contribution is -2.46. The first-order valence-corrected chi connectivity index (χ1v) is 16.2. The van der Waals surface area contributed by atoms with E-state index in [4.69, 9.17) is 56.1 Å². The van der Waals surface area contributed by atoms with E-state index in [-0.39, 0.29) is 53.4 Å². The van der Waals surface area contributed by atoms with E-state index in [1.165, 1.54) is 28.4 Å². The summed E-state index contributed by atoms with van der Waals surface area (Å²) in [6.45, 7) is -3.93. The van der Waals surface area contributed by atoms with Gasteiger partial charge in [-0.1, -0.05) is 42.5 Å². The lowest BCUT2D eigenvalue weighted by atomic mass is 10.2. The molecule has 1 amide bonds. The quantitative estimate of drug-likeness (QED) is 0.141. The molecule has 0 aliphatic carbocycles. The number of carboxylic acid groups (broad SMARTS) is 1. The van der Waals surface area contributed by atoms with Gasteiger partial charge in [0.05, 0.1) is 28.4 Å². The number of halogens is 1. The van der Waals surface area contributed by atoms with Gasteiger partial charge in [0.25, 0.3) is 0 Å². The Balaban J connectivity index is 2.13. The molecule has 0 aromatic heterocycles. The average molecular weight is 654 g/mol. The summed E-state index contributed by atoms with van der Waals surface area (Å²) in [5.41, 5.74) is 0.699. The maximum absolute atomic E-state index is 13.6. The molecule has 0 heterocycles. The largest absolute Gasteiger partial charge is 0.493 e. The van der Waals surface area contributed by atoms with Crippen molar-refractivity contribution < 1.29 is 47.4 Å². The molecule has 0 saturated heterocycles. The zero-order valence-corrected chi connectivity index (χ0v) is 26.5. The standard InChI is InChI=1S/C29H33ClNO10PS/c1-35-22-12-8-13-23(36-2)26(22)40-42(43,41-27-24(37-3)14-9-15-25(27)38-4)19-31(21(16-17-30)28(32)33)29(34)39-18-20-10-6-5-7-11-20/h5-15,21H,16-19H2,1-4H3,(H,32,33). The topological polar surface area (TPSA) is 122 Å². The zero-order chi connectivity index (χ0) is 31.4. The molecular formula is C29H33ClNO10PS. The second kappa shape index (κ2) is 16.1. The van der Waals surface area contributed by atoms with E-state index in [9.17, 15) is 14.7 Å². The number of aliphatic carboxylic acids is 1. The smallest absolute Gasteiger partial charge is 0.411 e. The Morgan fingerprint density at radius 2 is 1.28 bits per heavy atom. The van der Waals surface area contributed by atoms with Crippen LogP contribution in [0.2, 0.25) is 0 Å². The number of carbonyl (C=O) groups is 2. The number of benzene rings is 3. The minimum Gasteiger partial charge on any atom is -0.493 e. The van der Waals surface area contributed by atoms with Crippen molar-refractivity contribution >= 4 is 42.0 Å². The molecule has 3 aromatic rings. The molecule has 3 aromatic carbocycles. The molecular weight excluding hydrogens is 621 g/mol. The average Bonchev–Trinajstić information content (AvgIpc) is 3.02. The van der Waals surface area contributed by atoms with Crippen LogP contribution in [0.25, 0.3) is 0 Å². The van der Waals surface area contributed by atoms with Crippen LogP contribution in [-0.4, -0.2) is 68.7 Å². The third-order valence-corrected chi connectivity index (χ3v) is 8.62. The molecule has 0 bridgehead atoms. The Morgan fingerprint density at radius 3 is 1.67 bits per heavy atom. The van der Waals surface area contributed by atoms with Crippen molar-refractivity contribution in [2.45, 2.75) is 19.1 Å². The number of methoxy groups -OCH3 is 4. The van der Waals surface area contributed by atoms with Crippen LogP contribution in [0.4, 0.5) is 4.79 Å². The molecule has 0 radical (unpaired) electrons. The normalized spacial score (nSPS) is 11.6. The molecule has 232 valence electrons. The first-order chi connectivity index (χ1) is 20.7.